The molecule has 31 heavy (non-hydrogen) atoms. The number of para-hydroxylation sites is 1. The number of aromatic nitrogens is 2. The number of hydrogen-bond donors (Lipinski definition) is 0. The molecule has 1 aliphatic carbocycles. The highest BCUT2D eigenvalue weighted by Crippen LogP contribution is 2.36. The molecule has 1 aliphatic heterocycles. The highest BCUT2D eigenvalue weighted by Gasteiger charge is 2.29. The Kier molecular flexibility index (Phi) is 5.66. The van der Waals surface area contributed by atoms with Gasteiger partial charge in [0.25, 0.3) is 0 Å². The minimum absolute atomic E-state index is 0.584. The zero-order valence-electron chi connectivity index (χ0n) is 18.3. The number of benzene rings is 2. The van der Waals surface area contributed by atoms with Crippen LogP contribution in [0.3, 0.4) is 0 Å². The van der Waals surface area contributed by atoms with Crippen LogP contribution in [0, 0.1) is 0 Å². The summed E-state index contributed by atoms with van der Waals surface area (Å²) in [4.78, 5) is 20.5. The Labute approximate surface area is 183 Å². The Hall–Kier alpha value is -2.83. The van der Waals surface area contributed by atoms with Crippen molar-refractivity contribution < 1.29 is 4.84 Å². The van der Waals surface area contributed by atoms with Crippen LogP contribution in [-0.2, 0) is 11.4 Å². The first-order valence-corrected chi connectivity index (χ1v) is 11.2. The Morgan fingerprint density at radius 1 is 0.968 bits per heavy atom. The minimum atomic E-state index is 0.584. The van der Waals surface area contributed by atoms with Crippen molar-refractivity contribution in [1.82, 2.24) is 19.8 Å². The van der Waals surface area contributed by atoms with Crippen molar-refractivity contribution in [3.8, 4) is 11.3 Å². The molecule has 3 aromatic rings. The topological polar surface area (TPSA) is 53.9 Å². The van der Waals surface area contributed by atoms with Gasteiger partial charge in [-0.05, 0) is 58.1 Å². The Bertz CT molecular complexity index is 1120. The van der Waals surface area contributed by atoms with Gasteiger partial charge < -0.3 is 9.74 Å². The molecule has 0 radical (unpaired) electrons. The van der Waals surface area contributed by atoms with E-state index in [1.54, 1.807) is 0 Å². The molecular weight excluding hydrogens is 386 g/mol. The van der Waals surface area contributed by atoms with Crippen molar-refractivity contribution in [2.75, 3.05) is 40.3 Å². The molecule has 0 unspecified atom stereocenters. The normalized spacial score (nSPS) is 16.9. The molecule has 6 heteroatoms. The van der Waals surface area contributed by atoms with Crippen LogP contribution in [0.1, 0.15) is 36.1 Å². The summed E-state index contributed by atoms with van der Waals surface area (Å²) in [6, 6.07) is 14.6. The highest BCUT2D eigenvalue weighted by atomic mass is 16.6. The van der Waals surface area contributed by atoms with E-state index in [4.69, 9.17) is 14.8 Å². The number of likely N-dealkylation sites (tertiary alicyclic amines) is 1. The molecule has 0 atom stereocenters. The van der Waals surface area contributed by atoms with Gasteiger partial charge in [-0.3, -0.25) is 4.90 Å². The minimum Gasteiger partial charge on any atom is -0.395 e. The predicted molar refractivity (Wildman–Crippen MR) is 124 cm³/mol. The van der Waals surface area contributed by atoms with Gasteiger partial charge in [0.1, 0.15) is 18.0 Å². The van der Waals surface area contributed by atoms with Crippen molar-refractivity contribution in [1.29, 1.82) is 0 Å². The van der Waals surface area contributed by atoms with Gasteiger partial charge in [0, 0.05) is 24.2 Å². The lowest BCUT2D eigenvalue weighted by atomic mass is 10.1. The summed E-state index contributed by atoms with van der Waals surface area (Å²) >= 11 is 0. The summed E-state index contributed by atoms with van der Waals surface area (Å²) in [6.07, 6.45) is 3.50. The average molecular weight is 416 g/mol. The second kappa shape index (κ2) is 8.73. The number of fused-ring (bicyclic) bond motifs is 4. The summed E-state index contributed by atoms with van der Waals surface area (Å²) in [6.45, 7) is 4.82. The van der Waals surface area contributed by atoms with Crippen LogP contribution in [0.5, 0.6) is 0 Å². The van der Waals surface area contributed by atoms with Gasteiger partial charge in [0.15, 0.2) is 0 Å². The summed E-state index contributed by atoms with van der Waals surface area (Å²) in [5.74, 6) is 0. The first-order valence-electron chi connectivity index (χ1n) is 11.2. The quantitative estimate of drug-likeness (QED) is 0.338. The van der Waals surface area contributed by atoms with E-state index in [0.29, 0.717) is 6.61 Å². The average Bonchev–Trinajstić information content (AvgIpc) is 3.39. The third kappa shape index (κ3) is 4.05. The molecule has 2 aliphatic rings. The molecule has 2 aromatic carbocycles. The largest absolute Gasteiger partial charge is 0.395 e. The van der Waals surface area contributed by atoms with E-state index >= 15 is 0 Å². The van der Waals surface area contributed by atoms with Gasteiger partial charge in [0.2, 0.25) is 0 Å². The fourth-order valence-corrected chi connectivity index (χ4v) is 4.47. The van der Waals surface area contributed by atoms with Crippen LogP contribution in [0.25, 0.3) is 22.3 Å². The molecule has 2 heterocycles. The van der Waals surface area contributed by atoms with E-state index in [-0.39, 0.29) is 0 Å². The number of hydrogen-bond acceptors (Lipinski definition) is 6. The summed E-state index contributed by atoms with van der Waals surface area (Å²) in [5, 5.41) is 4.50. The lowest BCUT2D eigenvalue weighted by Crippen LogP contribution is -2.18. The lowest BCUT2D eigenvalue weighted by molar-refractivity contribution is 0.135. The predicted octanol–water partition coefficient (Wildman–Crippen LogP) is 3.93. The van der Waals surface area contributed by atoms with Crippen LogP contribution >= 0.6 is 0 Å². The van der Waals surface area contributed by atoms with Crippen LogP contribution in [0.4, 0.5) is 0 Å². The molecule has 1 saturated heterocycles. The molecule has 6 nitrogen and oxygen atoms in total. The zero-order chi connectivity index (χ0) is 21.2. The van der Waals surface area contributed by atoms with Gasteiger partial charge in [-0.25, -0.2) is 9.97 Å². The second-order valence-electron chi connectivity index (χ2n) is 8.66. The molecule has 0 saturated carbocycles. The standard InChI is InChI=1S/C25H29N5O/c1-29(2)13-8-16-31-28-24-20-11-4-3-10-19(20)23-25(24)26-21-12-7-9-18(22(21)27-23)17-30-14-5-6-15-30/h3-4,7,9-12H,5-6,8,13-17H2,1-2H3/b28-24+. The molecule has 1 fully saturated rings. The SMILES string of the molecule is CN(C)CCCO/N=C1\c2ccccc2-c2nc3c(CN4CCCC4)cccc3nc21. The fraction of sp³-hybridized carbons (Fsp3) is 0.400. The van der Waals surface area contributed by atoms with Crippen LogP contribution in [-0.4, -0.2) is 65.8 Å². The van der Waals surface area contributed by atoms with E-state index in [2.05, 4.69) is 59.4 Å². The Balaban J connectivity index is 1.51. The van der Waals surface area contributed by atoms with Crippen molar-refractivity contribution in [3.63, 3.8) is 0 Å². The monoisotopic (exact) mass is 415 g/mol. The Morgan fingerprint density at radius 2 is 1.77 bits per heavy atom. The van der Waals surface area contributed by atoms with Gasteiger partial charge in [-0.2, -0.15) is 0 Å². The van der Waals surface area contributed by atoms with E-state index < -0.39 is 0 Å². The number of nitrogens with zero attached hydrogens (tertiary/aromatic N) is 5. The lowest BCUT2D eigenvalue weighted by Gasteiger charge is -2.16. The zero-order valence-corrected chi connectivity index (χ0v) is 18.3. The number of rotatable bonds is 7. The van der Waals surface area contributed by atoms with Gasteiger partial charge in [-0.1, -0.05) is 41.6 Å². The highest BCUT2D eigenvalue weighted by molar-refractivity contribution is 6.23. The molecule has 0 bridgehead atoms. The first-order chi connectivity index (χ1) is 15.2. The van der Waals surface area contributed by atoms with E-state index in [0.717, 1.165) is 58.8 Å². The molecule has 0 amide bonds. The molecule has 5 rings (SSSR count). The molecule has 1 aromatic heterocycles. The fourth-order valence-electron chi connectivity index (χ4n) is 4.47. The smallest absolute Gasteiger partial charge is 0.138 e. The first kappa shape index (κ1) is 20.1. The van der Waals surface area contributed by atoms with E-state index in [1.807, 2.05) is 12.1 Å². The van der Waals surface area contributed by atoms with Crippen molar-refractivity contribution in [2.45, 2.75) is 25.8 Å². The summed E-state index contributed by atoms with van der Waals surface area (Å²) in [5.41, 5.74) is 7.80. The van der Waals surface area contributed by atoms with Crippen LogP contribution < -0.4 is 0 Å². The maximum atomic E-state index is 5.69. The molecular formula is C25H29N5O. The third-order valence-corrected chi connectivity index (χ3v) is 6.03. The number of oxime groups is 1. The third-order valence-electron chi connectivity index (χ3n) is 6.03. The van der Waals surface area contributed by atoms with Gasteiger partial charge in [-0.15, -0.1) is 0 Å². The second-order valence-corrected chi connectivity index (χ2v) is 8.66. The summed E-state index contributed by atoms with van der Waals surface area (Å²) < 4.78 is 0. The van der Waals surface area contributed by atoms with Crippen molar-refractivity contribution in [3.05, 3.63) is 59.3 Å². The molecule has 0 spiro atoms. The van der Waals surface area contributed by atoms with E-state index in [9.17, 15) is 0 Å². The van der Waals surface area contributed by atoms with Crippen molar-refractivity contribution >= 4 is 16.7 Å². The summed E-state index contributed by atoms with van der Waals surface area (Å²) in [7, 11) is 4.13. The molecule has 0 N–H and O–H groups in total. The van der Waals surface area contributed by atoms with Gasteiger partial charge in [0.05, 0.1) is 16.7 Å². The maximum Gasteiger partial charge on any atom is 0.138 e. The van der Waals surface area contributed by atoms with Crippen molar-refractivity contribution in [2.24, 2.45) is 5.16 Å². The Morgan fingerprint density at radius 3 is 2.58 bits per heavy atom. The van der Waals surface area contributed by atoms with Gasteiger partial charge >= 0.3 is 0 Å². The van der Waals surface area contributed by atoms with Crippen LogP contribution in [0.15, 0.2) is 47.6 Å². The molecule has 160 valence electrons. The maximum absolute atomic E-state index is 5.69. The van der Waals surface area contributed by atoms with Crippen LogP contribution in [0.2, 0.25) is 0 Å². The van der Waals surface area contributed by atoms with E-state index in [1.165, 1.54) is 31.5 Å².